The van der Waals surface area contributed by atoms with Crippen LogP contribution in [0.1, 0.15) is 24.8 Å². The molecule has 1 aromatic rings. The summed E-state index contributed by atoms with van der Waals surface area (Å²) < 4.78 is 0. The lowest BCUT2D eigenvalue weighted by molar-refractivity contribution is -0.116. The molecule has 0 aliphatic heterocycles. The van der Waals surface area contributed by atoms with Crippen molar-refractivity contribution < 1.29 is 9.90 Å². The molecule has 2 N–H and O–H groups in total. The molecule has 0 aromatic heterocycles. The number of hydrogen-bond acceptors (Lipinski definition) is 2. The molecule has 1 aliphatic rings. The van der Waals surface area contributed by atoms with Gasteiger partial charge in [0.1, 0.15) is 0 Å². The van der Waals surface area contributed by atoms with Gasteiger partial charge in [-0.2, -0.15) is 0 Å². The van der Waals surface area contributed by atoms with Crippen molar-refractivity contribution in [1.29, 1.82) is 0 Å². The minimum Gasteiger partial charge on any atom is -0.396 e. The predicted octanol–water partition coefficient (Wildman–Crippen LogP) is 3.53. The molecular formula is C16H19Cl2NO2. The summed E-state index contributed by atoms with van der Waals surface area (Å²) in [6, 6.07) is 5.29. The van der Waals surface area contributed by atoms with Gasteiger partial charge in [-0.1, -0.05) is 41.8 Å². The van der Waals surface area contributed by atoms with Crippen molar-refractivity contribution in [2.75, 3.05) is 13.2 Å². The Hall–Kier alpha value is -1.03. The number of aliphatic hydroxyl groups excluding tert-OH is 1. The summed E-state index contributed by atoms with van der Waals surface area (Å²) in [4.78, 5) is 11.8. The number of hydrogen-bond donors (Lipinski definition) is 2. The molecule has 0 bridgehead atoms. The van der Waals surface area contributed by atoms with E-state index in [-0.39, 0.29) is 12.5 Å². The van der Waals surface area contributed by atoms with E-state index in [0.717, 1.165) is 19.3 Å². The first-order valence-electron chi connectivity index (χ1n) is 7.12. The minimum atomic E-state index is -0.158. The number of nitrogens with one attached hydrogen (secondary N) is 1. The third kappa shape index (κ3) is 4.47. The molecule has 2 atom stereocenters. The number of benzene rings is 1. The van der Waals surface area contributed by atoms with E-state index in [2.05, 4.69) is 5.32 Å². The van der Waals surface area contributed by atoms with Crippen LogP contribution in [-0.4, -0.2) is 24.2 Å². The van der Waals surface area contributed by atoms with E-state index in [0.29, 0.717) is 34.0 Å². The smallest absolute Gasteiger partial charge is 0.244 e. The maximum Gasteiger partial charge on any atom is 0.244 e. The van der Waals surface area contributed by atoms with Gasteiger partial charge in [-0.3, -0.25) is 4.79 Å². The van der Waals surface area contributed by atoms with Gasteiger partial charge >= 0.3 is 0 Å². The summed E-state index contributed by atoms with van der Waals surface area (Å²) in [6.45, 7) is 0.812. The molecular weight excluding hydrogens is 309 g/mol. The van der Waals surface area contributed by atoms with Crippen molar-refractivity contribution >= 4 is 35.2 Å². The van der Waals surface area contributed by atoms with Gasteiger partial charge in [-0.25, -0.2) is 0 Å². The Balaban J connectivity index is 1.87. The van der Waals surface area contributed by atoms with Crippen molar-refractivity contribution in [3.8, 4) is 0 Å². The SMILES string of the molecule is O=C(C=Cc1cccc(Cl)c1Cl)NCC1CCCC1CO. The molecule has 1 amide bonds. The monoisotopic (exact) mass is 327 g/mol. The second-order valence-corrected chi connectivity index (χ2v) is 6.14. The Labute approximate surface area is 134 Å². The van der Waals surface area contributed by atoms with Crippen LogP contribution in [0.15, 0.2) is 24.3 Å². The summed E-state index contributed by atoms with van der Waals surface area (Å²) in [6.07, 6.45) is 6.35. The molecule has 1 aliphatic carbocycles. The Morgan fingerprint density at radius 3 is 2.86 bits per heavy atom. The van der Waals surface area contributed by atoms with Gasteiger partial charge in [0.2, 0.25) is 5.91 Å². The summed E-state index contributed by atoms with van der Waals surface area (Å²) in [5, 5.41) is 13.0. The molecule has 0 heterocycles. The van der Waals surface area contributed by atoms with E-state index in [9.17, 15) is 9.90 Å². The first-order chi connectivity index (χ1) is 10.1. The topological polar surface area (TPSA) is 49.3 Å². The number of rotatable bonds is 5. The zero-order chi connectivity index (χ0) is 15.2. The Kier molecular flexibility index (Phi) is 6.09. The third-order valence-electron chi connectivity index (χ3n) is 3.99. The lowest BCUT2D eigenvalue weighted by Crippen LogP contribution is -2.30. The molecule has 0 saturated heterocycles. The van der Waals surface area contributed by atoms with E-state index in [1.807, 2.05) is 0 Å². The van der Waals surface area contributed by atoms with Gasteiger partial charge in [0, 0.05) is 19.2 Å². The van der Waals surface area contributed by atoms with Crippen molar-refractivity contribution in [3.05, 3.63) is 39.9 Å². The summed E-state index contributed by atoms with van der Waals surface area (Å²) in [5.74, 6) is 0.536. The van der Waals surface area contributed by atoms with Gasteiger partial charge in [-0.05, 0) is 42.4 Å². The third-order valence-corrected chi connectivity index (χ3v) is 4.82. The van der Waals surface area contributed by atoms with Crippen LogP contribution < -0.4 is 5.32 Å². The normalized spacial score (nSPS) is 21.9. The lowest BCUT2D eigenvalue weighted by atomic mass is 9.97. The highest BCUT2D eigenvalue weighted by atomic mass is 35.5. The highest BCUT2D eigenvalue weighted by Crippen LogP contribution is 2.30. The molecule has 21 heavy (non-hydrogen) atoms. The highest BCUT2D eigenvalue weighted by Gasteiger charge is 2.26. The van der Waals surface area contributed by atoms with Crippen LogP contribution in [0.25, 0.3) is 6.08 Å². The molecule has 5 heteroatoms. The quantitative estimate of drug-likeness (QED) is 0.813. The van der Waals surface area contributed by atoms with Crippen molar-refractivity contribution in [2.45, 2.75) is 19.3 Å². The van der Waals surface area contributed by atoms with Crippen molar-refractivity contribution in [1.82, 2.24) is 5.32 Å². The standard InChI is InChI=1S/C16H19Cl2NO2/c17-14-6-2-3-11(16(14)18)7-8-15(21)19-9-12-4-1-5-13(12)10-20/h2-3,6-8,12-13,20H,1,4-5,9-10H2,(H,19,21). The van der Waals surface area contributed by atoms with Crippen LogP contribution in [0.5, 0.6) is 0 Å². The molecule has 3 nitrogen and oxygen atoms in total. The Morgan fingerprint density at radius 1 is 1.33 bits per heavy atom. The predicted molar refractivity (Wildman–Crippen MR) is 86.4 cm³/mol. The van der Waals surface area contributed by atoms with Crippen molar-refractivity contribution in [3.63, 3.8) is 0 Å². The van der Waals surface area contributed by atoms with Gasteiger partial charge < -0.3 is 10.4 Å². The van der Waals surface area contributed by atoms with E-state index >= 15 is 0 Å². The van der Waals surface area contributed by atoms with Crippen LogP contribution in [0, 0.1) is 11.8 Å². The van der Waals surface area contributed by atoms with Crippen LogP contribution in [-0.2, 0) is 4.79 Å². The second kappa shape index (κ2) is 7.83. The molecule has 0 radical (unpaired) electrons. The average Bonchev–Trinajstić information content (AvgIpc) is 2.94. The van der Waals surface area contributed by atoms with E-state index in [1.165, 1.54) is 6.08 Å². The van der Waals surface area contributed by atoms with E-state index < -0.39 is 0 Å². The van der Waals surface area contributed by atoms with E-state index in [4.69, 9.17) is 23.2 Å². The molecule has 2 rings (SSSR count). The zero-order valence-electron chi connectivity index (χ0n) is 11.7. The zero-order valence-corrected chi connectivity index (χ0v) is 13.2. The van der Waals surface area contributed by atoms with Crippen molar-refractivity contribution in [2.24, 2.45) is 11.8 Å². The number of amides is 1. The van der Waals surface area contributed by atoms with Crippen LogP contribution in [0.3, 0.4) is 0 Å². The van der Waals surface area contributed by atoms with Crippen LogP contribution in [0.4, 0.5) is 0 Å². The number of carbonyl (C=O) groups is 1. The molecule has 1 aromatic carbocycles. The number of aliphatic hydroxyl groups is 1. The maximum atomic E-state index is 11.8. The number of halogens is 2. The molecule has 114 valence electrons. The van der Waals surface area contributed by atoms with Gasteiger partial charge in [0.25, 0.3) is 0 Å². The molecule has 2 unspecified atom stereocenters. The van der Waals surface area contributed by atoms with Crippen LogP contribution in [0.2, 0.25) is 10.0 Å². The summed E-state index contributed by atoms with van der Waals surface area (Å²) in [7, 11) is 0. The highest BCUT2D eigenvalue weighted by molar-refractivity contribution is 6.42. The maximum absolute atomic E-state index is 11.8. The fourth-order valence-corrected chi connectivity index (χ4v) is 3.10. The van der Waals surface area contributed by atoms with Gasteiger partial charge in [0.15, 0.2) is 0 Å². The Morgan fingerprint density at radius 2 is 2.10 bits per heavy atom. The average molecular weight is 328 g/mol. The summed E-state index contributed by atoms with van der Waals surface area (Å²) >= 11 is 12.0. The van der Waals surface area contributed by atoms with E-state index in [1.54, 1.807) is 24.3 Å². The first kappa shape index (κ1) is 16.3. The largest absolute Gasteiger partial charge is 0.396 e. The lowest BCUT2D eigenvalue weighted by Gasteiger charge is -2.17. The van der Waals surface area contributed by atoms with Gasteiger partial charge in [-0.15, -0.1) is 0 Å². The second-order valence-electron chi connectivity index (χ2n) is 5.36. The Bertz CT molecular complexity index is 531. The fraction of sp³-hybridized carbons (Fsp3) is 0.438. The number of carbonyl (C=O) groups excluding carboxylic acids is 1. The van der Waals surface area contributed by atoms with Crippen LogP contribution >= 0.6 is 23.2 Å². The molecule has 1 fully saturated rings. The fourth-order valence-electron chi connectivity index (χ4n) is 2.73. The van der Waals surface area contributed by atoms with Gasteiger partial charge in [0.05, 0.1) is 10.0 Å². The minimum absolute atomic E-state index is 0.158. The molecule has 0 spiro atoms. The molecule has 1 saturated carbocycles. The first-order valence-corrected chi connectivity index (χ1v) is 7.88. The summed E-state index contributed by atoms with van der Waals surface area (Å²) in [5.41, 5.74) is 0.716.